The molecule has 2 aromatic heterocycles. The summed E-state index contributed by atoms with van der Waals surface area (Å²) < 4.78 is 37.7. The van der Waals surface area contributed by atoms with Crippen LogP contribution in [0.5, 0.6) is 11.6 Å². The van der Waals surface area contributed by atoms with Crippen LogP contribution in [-0.4, -0.2) is 43.8 Å². The first-order chi connectivity index (χ1) is 14.1. The van der Waals surface area contributed by atoms with Crippen molar-refractivity contribution in [1.29, 1.82) is 0 Å². The van der Waals surface area contributed by atoms with Crippen molar-refractivity contribution in [3.8, 4) is 22.8 Å². The second kappa shape index (κ2) is 8.35. The maximum absolute atomic E-state index is 12.2. The van der Waals surface area contributed by atoms with Gasteiger partial charge in [0.2, 0.25) is 10.0 Å². The van der Waals surface area contributed by atoms with E-state index in [4.69, 9.17) is 9.47 Å². The monoisotopic (exact) mass is 431 g/mol. The fraction of sp³-hybridized carbons (Fsp3) is 0.333. The van der Waals surface area contributed by atoms with Gasteiger partial charge in [0.15, 0.2) is 5.75 Å². The highest BCUT2D eigenvalue weighted by molar-refractivity contribution is 7.89. The van der Waals surface area contributed by atoms with Gasteiger partial charge in [-0.1, -0.05) is 19.9 Å². The minimum Gasteiger partial charge on any atom is -0.491 e. The normalized spacial score (nSPS) is 11.7. The maximum atomic E-state index is 12.2. The number of pyridine rings is 1. The van der Waals surface area contributed by atoms with Crippen molar-refractivity contribution < 1.29 is 22.7 Å². The number of hydrogen-bond donors (Lipinski definition) is 1. The summed E-state index contributed by atoms with van der Waals surface area (Å²) in [5, 5.41) is 0.896. The van der Waals surface area contributed by atoms with Crippen molar-refractivity contribution >= 4 is 26.8 Å². The van der Waals surface area contributed by atoms with Crippen LogP contribution in [0.15, 0.2) is 36.7 Å². The van der Waals surface area contributed by atoms with E-state index in [1.807, 2.05) is 28.6 Å². The van der Waals surface area contributed by atoms with E-state index in [1.54, 1.807) is 31.5 Å². The van der Waals surface area contributed by atoms with Crippen LogP contribution >= 0.6 is 0 Å². The topological polar surface area (TPSA) is 99.5 Å². The molecule has 160 valence electrons. The number of nitrogens with zero attached hydrogens (tertiary/aromatic N) is 2. The van der Waals surface area contributed by atoms with E-state index < -0.39 is 15.9 Å². The third-order valence-electron chi connectivity index (χ3n) is 4.43. The number of amides is 1. The molecular formula is C21H25N3O5S. The van der Waals surface area contributed by atoms with Crippen molar-refractivity contribution in [1.82, 2.24) is 14.3 Å². The molecule has 8 nitrogen and oxygen atoms in total. The summed E-state index contributed by atoms with van der Waals surface area (Å²) in [6, 6.07) is 6.90. The highest BCUT2D eigenvalue weighted by Crippen LogP contribution is 2.35. The molecule has 0 fully saturated rings. The summed E-state index contributed by atoms with van der Waals surface area (Å²) in [6.45, 7) is 4.65. The second-order valence-electron chi connectivity index (χ2n) is 7.53. The Labute approximate surface area is 175 Å². The quantitative estimate of drug-likeness (QED) is 0.617. The summed E-state index contributed by atoms with van der Waals surface area (Å²) in [6.07, 6.45) is 4.59. The van der Waals surface area contributed by atoms with Crippen LogP contribution in [-0.2, 0) is 17.1 Å². The number of aromatic nitrogens is 2. The summed E-state index contributed by atoms with van der Waals surface area (Å²) in [7, 11) is -0.211. The summed E-state index contributed by atoms with van der Waals surface area (Å²) in [5.74, 6) is 0.671. The highest BCUT2D eigenvalue weighted by atomic mass is 32.2. The second-order valence-corrected chi connectivity index (χ2v) is 9.27. The summed E-state index contributed by atoms with van der Waals surface area (Å²) in [5.41, 5.74) is 2.78. The zero-order chi connectivity index (χ0) is 22.1. The van der Waals surface area contributed by atoms with Gasteiger partial charge in [-0.3, -0.25) is 4.79 Å². The van der Waals surface area contributed by atoms with Crippen molar-refractivity contribution in [3.63, 3.8) is 0 Å². The SMILES string of the molecule is COc1cc(-c2cn(C)c3cc(C(=O)NS(C)(=O)=O)ccc23)cnc1OCC(C)C. The first-order valence-electron chi connectivity index (χ1n) is 9.37. The number of hydrogen-bond acceptors (Lipinski definition) is 6. The van der Waals surface area contributed by atoms with Crippen LogP contribution in [0.25, 0.3) is 22.0 Å². The molecule has 30 heavy (non-hydrogen) atoms. The lowest BCUT2D eigenvalue weighted by Crippen LogP contribution is -2.29. The smallest absolute Gasteiger partial charge is 0.264 e. The van der Waals surface area contributed by atoms with Crippen molar-refractivity contribution in [2.75, 3.05) is 20.0 Å². The third kappa shape index (κ3) is 4.73. The van der Waals surface area contributed by atoms with Gasteiger partial charge in [0.25, 0.3) is 11.8 Å². The van der Waals surface area contributed by atoms with E-state index in [0.717, 1.165) is 28.3 Å². The molecule has 1 N–H and O–H groups in total. The first-order valence-corrected chi connectivity index (χ1v) is 11.3. The molecule has 1 aromatic carbocycles. The summed E-state index contributed by atoms with van der Waals surface area (Å²) >= 11 is 0. The van der Waals surface area contributed by atoms with Crippen LogP contribution in [0.2, 0.25) is 0 Å². The van der Waals surface area contributed by atoms with Gasteiger partial charge < -0.3 is 14.0 Å². The Bertz CT molecular complexity index is 1200. The Hall–Kier alpha value is -3.07. The Balaban J connectivity index is 2.00. The predicted molar refractivity (Wildman–Crippen MR) is 115 cm³/mol. The van der Waals surface area contributed by atoms with E-state index in [-0.39, 0.29) is 5.56 Å². The standard InChI is InChI=1S/C21H25N3O5S/c1-13(2)12-29-21-19(28-4)9-15(10-22-21)17-11-24(3)18-8-14(6-7-16(17)18)20(25)23-30(5,26)27/h6-11,13H,12H2,1-5H3,(H,23,25). The molecule has 0 spiro atoms. The lowest BCUT2D eigenvalue weighted by molar-refractivity contribution is 0.0982. The number of aryl methyl sites for hydroxylation is 1. The van der Waals surface area contributed by atoms with Crippen LogP contribution in [0.4, 0.5) is 0 Å². The number of ether oxygens (including phenoxy) is 2. The van der Waals surface area contributed by atoms with Gasteiger partial charge in [0.05, 0.1) is 20.0 Å². The zero-order valence-electron chi connectivity index (χ0n) is 17.6. The molecule has 0 saturated carbocycles. The van der Waals surface area contributed by atoms with Gasteiger partial charge in [-0.15, -0.1) is 0 Å². The largest absolute Gasteiger partial charge is 0.491 e. The van der Waals surface area contributed by atoms with Crippen LogP contribution in [0.1, 0.15) is 24.2 Å². The van der Waals surface area contributed by atoms with Crippen LogP contribution < -0.4 is 14.2 Å². The van der Waals surface area contributed by atoms with Gasteiger partial charge in [-0.2, -0.15) is 0 Å². The molecule has 0 radical (unpaired) electrons. The van der Waals surface area contributed by atoms with Gasteiger partial charge >= 0.3 is 0 Å². The fourth-order valence-corrected chi connectivity index (χ4v) is 3.52. The number of fused-ring (bicyclic) bond motifs is 1. The van der Waals surface area contributed by atoms with Crippen molar-refractivity contribution in [2.45, 2.75) is 13.8 Å². The molecule has 3 aromatic rings. The van der Waals surface area contributed by atoms with E-state index in [2.05, 4.69) is 18.8 Å². The highest BCUT2D eigenvalue weighted by Gasteiger charge is 2.16. The Morgan fingerprint density at radius 3 is 2.63 bits per heavy atom. The van der Waals surface area contributed by atoms with E-state index >= 15 is 0 Å². The Morgan fingerprint density at radius 2 is 2.00 bits per heavy atom. The molecule has 0 bridgehead atoms. The fourth-order valence-electron chi connectivity index (χ4n) is 3.06. The predicted octanol–water partition coefficient (Wildman–Crippen LogP) is 2.97. The Morgan fingerprint density at radius 1 is 1.27 bits per heavy atom. The zero-order valence-corrected chi connectivity index (χ0v) is 18.4. The minimum atomic E-state index is -3.64. The number of carbonyl (C=O) groups excluding carboxylic acids is 1. The molecule has 1 amide bonds. The molecule has 0 aliphatic heterocycles. The number of sulfonamides is 1. The lowest BCUT2D eigenvalue weighted by atomic mass is 10.0. The number of carbonyl (C=O) groups is 1. The van der Waals surface area contributed by atoms with Crippen LogP contribution in [0, 0.1) is 5.92 Å². The molecule has 0 unspecified atom stereocenters. The molecule has 2 heterocycles. The number of rotatable bonds is 7. The molecule has 3 rings (SSSR count). The van der Waals surface area contributed by atoms with E-state index in [1.165, 1.54) is 0 Å². The van der Waals surface area contributed by atoms with Crippen molar-refractivity contribution in [2.24, 2.45) is 13.0 Å². The maximum Gasteiger partial charge on any atom is 0.264 e. The van der Waals surface area contributed by atoms with E-state index in [9.17, 15) is 13.2 Å². The number of nitrogens with one attached hydrogen (secondary N) is 1. The van der Waals surface area contributed by atoms with Gasteiger partial charge in [-0.25, -0.2) is 18.1 Å². The number of benzene rings is 1. The average Bonchev–Trinajstić information content (AvgIpc) is 3.01. The Kier molecular flexibility index (Phi) is 6.02. The summed E-state index contributed by atoms with van der Waals surface area (Å²) in [4.78, 5) is 16.6. The molecular weight excluding hydrogens is 406 g/mol. The average molecular weight is 432 g/mol. The molecule has 0 saturated heterocycles. The van der Waals surface area contributed by atoms with Gasteiger partial charge in [0.1, 0.15) is 0 Å². The van der Waals surface area contributed by atoms with Gasteiger partial charge in [-0.05, 0) is 24.1 Å². The lowest BCUT2D eigenvalue weighted by Gasteiger charge is -2.12. The van der Waals surface area contributed by atoms with E-state index in [0.29, 0.717) is 24.2 Å². The molecule has 9 heteroatoms. The molecule has 0 atom stereocenters. The molecule has 0 aliphatic rings. The van der Waals surface area contributed by atoms with Gasteiger partial charge in [0, 0.05) is 47.0 Å². The number of methoxy groups -OCH3 is 1. The third-order valence-corrected chi connectivity index (χ3v) is 4.99. The van der Waals surface area contributed by atoms with Crippen LogP contribution in [0.3, 0.4) is 0 Å². The minimum absolute atomic E-state index is 0.258. The first kappa shape index (κ1) is 21.6. The van der Waals surface area contributed by atoms with Crippen molar-refractivity contribution in [3.05, 3.63) is 42.2 Å². The molecule has 0 aliphatic carbocycles.